The van der Waals surface area contributed by atoms with Crippen LogP contribution in [0.5, 0.6) is 5.75 Å². The summed E-state index contributed by atoms with van der Waals surface area (Å²) < 4.78 is 39.2. The van der Waals surface area contributed by atoms with Gasteiger partial charge in [-0.2, -0.15) is 8.42 Å². The summed E-state index contributed by atoms with van der Waals surface area (Å²) in [4.78, 5) is 19.4. The van der Waals surface area contributed by atoms with Crippen LogP contribution in [0.15, 0.2) is 24.4 Å². The normalized spacial score (nSPS) is 18.0. The van der Waals surface area contributed by atoms with Crippen LogP contribution >= 0.6 is 11.3 Å². The van der Waals surface area contributed by atoms with Crippen LogP contribution in [0.25, 0.3) is 10.4 Å². The number of benzene rings is 1. The molecular formula is C23H30N2O6S2. The highest BCUT2D eigenvalue weighted by Gasteiger charge is 2.41. The Hall–Kier alpha value is -2.17. The zero-order valence-electron chi connectivity index (χ0n) is 19.4. The highest BCUT2D eigenvalue weighted by atomic mass is 32.2. The number of amides is 1. The van der Waals surface area contributed by atoms with Gasteiger partial charge < -0.3 is 14.4 Å². The molecule has 1 saturated heterocycles. The van der Waals surface area contributed by atoms with Crippen LogP contribution in [0, 0.1) is 0 Å². The van der Waals surface area contributed by atoms with Crippen LogP contribution in [-0.2, 0) is 32.1 Å². The number of nitrogens with zero attached hydrogens (tertiary/aromatic N) is 2. The lowest BCUT2D eigenvalue weighted by molar-refractivity contribution is -0.0272. The molecule has 1 aromatic carbocycles. The van der Waals surface area contributed by atoms with Gasteiger partial charge in [0, 0.05) is 32.1 Å². The molecule has 2 aromatic rings. The molecule has 0 bridgehead atoms. The maximum absolute atomic E-state index is 12.4. The molecule has 0 atom stereocenters. The fourth-order valence-electron chi connectivity index (χ4n) is 4.12. The number of aromatic nitrogens is 1. The summed E-state index contributed by atoms with van der Waals surface area (Å²) in [6.45, 7) is 6.83. The summed E-state index contributed by atoms with van der Waals surface area (Å²) in [6, 6.07) is 6.12. The summed E-state index contributed by atoms with van der Waals surface area (Å²) in [5.74, 6) is 0.890. The summed E-state index contributed by atoms with van der Waals surface area (Å²) >= 11 is 1.41. The van der Waals surface area contributed by atoms with Gasteiger partial charge >= 0.3 is 6.09 Å². The number of carbonyl (C=O) groups is 1. The molecule has 2 aliphatic heterocycles. The van der Waals surface area contributed by atoms with Crippen molar-refractivity contribution in [1.82, 2.24) is 9.88 Å². The van der Waals surface area contributed by atoms with E-state index in [2.05, 4.69) is 11.1 Å². The Bertz CT molecular complexity index is 1130. The molecule has 0 N–H and O–H groups in total. The van der Waals surface area contributed by atoms with Gasteiger partial charge in [0.2, 0.25) is 0 Å². The molecule has 33 heavy (non-hydrogen) atoms. The fourth-order valence-corrected chi connectivity index (χ4v) is 5.35. The third-order valence-corrected chi connectivity index (χ3v) is 7.36. The van der Waals surface area contributed by atoms with Gasteiger partial charge in [0.05, 0.1) is 11.1 Å². The first-order valence-electron chi connectivity index (χ1n) is 11.0. The standard InChI is InChI=1S/C23H30N2O6S2/c1-22(2,3)31-21(26)25-11-9-23(10-12-25)8-7-16-13-17(5-6-18(16)30-23)19-14-24-20(32-19)15-29-33(4,27)28/h5-6,13-14H,7-12,15H2,1-4H3. The number of hydrogen-bond acceptors (Lipinski definition) is 8. The molecule has 180 valence electrons. The number of hydrogen-bond donors (Lipinski definition) is 0. The largest absolute Gasteiger partial charge is 0.487 e. The van der Waals surface area contributed by atoms with Crippen LogP contribution < -0.4 is 4.74 Å². The highest BCUT2D eigenvalue weighted by molar-refractivity contribution is 7.85. The maximum Gasteiger partial charge on any atom is 0.410 e. The number of piperidine rings is 1. The summed E-state index contributed by atoms with van der Waals surface area (Å²) in [5.41, 5.74) is 1.43. The summed E-state index contributed by atoms with van der Waals surface area (Å²) in [7, 11) is -3.50. The number of likely N-dealkylation sites (tertiary alicyclic amines) is 1. The fraction of sp³-hybridized carbons (Fsp3) is 0.565. The molecule has 1 spiro atoms. The van der Waals surface area contributed by atoms with Gasteiger partial charge in [0.25, 0.3) is 10.1 Å². The monoisotopic (exact) mass is 494 g/mol. The molecular weight excluding hydrogens is 464 g/mol. The minimum Gasteiger partial charge on any atom is -0.487 e. The van der Waals surface area contributed by atoms with Crippen molar-refractivity contribution in [2.75, 3.05) is 19.3 Å². The van der Waals surface area contributed by atoms with E-state index >= 15 is 0 Å². The second-order valence-electron chi connectivity index (χ2n) is 9.66. The van der Waals surface area contributed by atoms with E-state index in [4.69, 9.17) is 13.7 Å². The first-order valence-corrected chi connectivity index (χ1v) is 13.6. The number of aryl methyl sites for hydroxylation is 1. The van der Waals surface area contributed by atoms with Gasteiger partial charge in [-0.1, -0.05) is 0 Å². The van der Waals surface area contributed by atoms with Crippen molar-refractivity contribution < 1.29 is 26.9 Å². The van der Waals surface area contributed by atoms with Gasteiger partial charge in [0.1, 0.15) is 28.6 Å². The Kier molecular flexibility index (Phi) is 6.45. The first kappa shape index (κ1) is 24.0. The molecule has 0 aliphatic carbocycles. The zero-order valence-corrected chi connectivity index (χ0v) is 21.1. The molecule has 1 fully saturated rings. The Morgan fingerprint density at radius 2 is 1.97 bits per heavy atom. The summed E-state index contributed by atoms with van der Waals surface area (Å²) in [5, 5.41) is 0.611. The Balaban J connectivity index is 1.39. The lowest BCUT2D eigenvalue weighted by atomic mass is 9.83. The SMILES string of the molecule is CC(C)(C)OC(=O)N1CCC2(CCc3cc(-c4cnc(COS(C)(=O)=O)s4)ccc3O2)CC1. The average molecular weight is 495 g/mol. The van der Waals surface area contributed by atoms with Crippen molar-refractivity contribution in [3.63, 3.8) is 0 Å². The predicted octanol–water partition coefficient (Wildman–Crippen LogP) is 4.38. The molecule has 10 heteroatoms. The van der Waals surface area contributed by atoms with E-state index in [0.29, 0.717) is 18.1 Å². The lowest BCUT2D eigenvalue weighted by Crippen LogP contribution is -2.52. The second kappa shape index (κ2) is 8.88. The van der Waals surface area contributed by atoms with E-state index in [9.17, 15) is 13.2 Å². The molecule has 1 amide bonds. The predicted molar refractivity (Wildman–Crippen MR) is 126 cm³/mol. The zero-order chi connectivity index (χ0) is 23.9. The van der Waals surface area contributed by atoms with E-state index in [0.717, 1.165) is 53.7 Å². The maximum atomic E-state index is 12.4. The number of ether oxygens (including phenoxy) is 2. The number of rotatable bonds is 4. The van der Waals surface area contributed by atoms with Crippen molar-refractivity contribution in [1.29, 1.82) is 0 Å². The van der Waals surface area contributed by atoms with E-state index < -0.39 is 15.7 Å². The molecule has 2 aliphatic rings. The summed E-state index contributed by atoms with van der Waals surface area (Å²) in [6.07, 6.45) is 5.88. The van der Waals surface area contributed by atoms with E-state index in [1.165, 1.54) is 11.3 Å². The smallest absolute Gasteiger partial charge is 0.410 e. The third-order valence-electron chi connectivity index (χ3n) is 5.80. The van der Waals surface area contributed by atoms with Crippen molar-refractivity contribution in [2.45, 2.75) is 64.3 Å². The Labute approximate surface area is 199 Å². The van der Waals surface area contributed by atoms with Crippen molar-refractivity contribution in [3.8, 4) is 16.2 Å². The van der Waals surface area contributed by atoms with Crippen molar-refractivity contribution >= 4 is 27.5 Å². The van der Waals surface area contributed by atoms with E-state index in [-0.39, 0.29) is 18.3 Å². The van der Waals surface area contributed by atoms with Crippen LogP contribution in [0.2, 0.25) is 0 Å². The van der Waals surface area contributed by atoms with E-state index in [1.54, 1.807) is 11.1 Å². The minimum absolute atomic E-state index is 0.0552. The van der Waals surface area contributed by atoms with Gasteiger partial charge in [-0.15, -0.1) is 11.3 Å². The topological polar surface area (TPSA) is 95.0 Å². The van der Waals surface area contributed by atoms with Crippen LogP contribution in [0.4, 0.5) is 4.79 Å². The molecule has 0 saturated carbocycles. The van der Waals surface area contributed by atoms with Gasteiger partial charge in [0.15, 0.2) is 0 Å². The lowest BCUT2D eigenvalue weighted by Gasteiger charge is -2.44. The quantitative estimate of drug-likeness (QED) is 0.582. The Morgan fingerprint density at radius 3 is 2.64 bits per heavy atom. The average Bonchev–Trinajstić information content (AvgIpc) is 3.20. The number of carbonyl (C=O) groups excluding carboxylic acids is 1. The van der Waals surface area contributed by atoms with Gasteiger partial charge in [-0.05, 0) is 62.9 Å². The number of thiazole rings is 1. The highest BCUT2D eigenvalue weighted by Crippen LogP contribution is 2.41. The third kappa shape index (κ3) is 6.04. The van der Waals surface area contributed by atoms with Crippen LogP contribution in [0.1, 0.15) is 50.6 Å². The molecule has 0 unspecified atom stereocenters. The molecule has 0 radical (unpaired) electrons. The van der Waals surface area contributed by atoms with Gasteiger partial charge in [-0.3, -0.25) is 4.18 Å². The number of fused-ring (bicyclic) bond motifs is 1. The molecule has 4 rings (SSSR count). The van der Waals surface area contributed by atoms with Crippen molar-refractivity contribution in [3.05, 3.63) is 35.0 Å². The first-order chi connectivity index (χ1) is 15.4. The van der Waals surface area contributed by atoms with Crippen LogP contribution in [0.3, 0.4) is 0 Å². The molecule has 1 aromatic heterocycles. The minimum atomic E-state index is -3.50. The Morgan fingerprint density at radius 1 is 1.24 bits per heavy atom. The van der Waals surface area contributed by atoms with E-state index in [1.807, 2.05) is 32.9 Å². The van der Waals surface area contributed by atoms with Crippen LogP contribution in [-0.4, -0.2) is 54.9 Å². The molecule has 8 nitrogen and oxygen atoms in total. The second-order valence-corrected chi connectivity index (χ2v) is 12.4. The molecule has 3 heterocycles. The van der Waals surface area contributed by atoms with Crippen molar-refractivity contribution in [2.24, 2.45) is 0 Å². The van der Waals surface area contributed by atoms with Gasteiger partial charge in [-0.25, -0.2) is 9.78 Å².